The highest BCUT2D eigenvalue weighted by atomic mass is 32.2. The fourth-order valence-electron chi connectivity index (χ4n) is 3.85. The van der Waals surface area contributed by atoms with Crippen LogP contribution in [0.4, 0.5) is 0 Å². The van der Waals surface area contributed by atoms with E-state index < -0.39 is 9.84 Å². The van der Waals surface area contributed by atoms with Crippen molar-refractivity contribution in [1.29, 1.82) is 0 Å². The number of H-pyrrole nitrogens is 1. The highest BCUT2D eigenvalue weighted by Gasteiger charge is 2.24. The van der Waals surface area contributed by atoms with Gasteiger partial charge < -0.3 is 14.5 Å². The number of fused-ring (bicyclic) bond motifs is 1. The second-order valence-corrected chi connectivity index (χ2v) is 9.96. The molecule has 3 heterocycles. The number of nitrogens with one attached hydrogen (secondary N) is 1. The van der Waals surface area contributed by atoms with Crippen molar-refractivity contribution in [2.75, 3.05) is 12.4 Å². The lowest BCUT2D eigenvalue weighted by molar-refractivity contribution is 0.110. The number of ether oxygens (including phenoxy) is 2. The molecule has 1 atom stereocenters. The van der Waals surface area contributed by atoms with Gasteiger partial charge in [0.05, 0.1) is 27.8 Å². The third-order valence-electron chi connectivity index (χ3n) is 5.59. The third-order valence-corrected chi connectivity index (χ3v) is 7.34. The van der Waals surface area contributed by atoms with Gasteiger partial charge in [-0.1, -0.05) is 13.0 Å². The average Bonchev–Trinajstić information content (AvgIpc) is 3.49. The minimum atomic E-state index is -3.26. The molecule has 164 valence electrons. The van der Waals surface area contributed by atoms with Crippen LogP contribution >= 0.6 is 0 Å². The minimum absolute atomic E-state index is 0.0595. The zero-order valence-electron chi connectivity index (χ0n) is 17.6. The van der Waals surface area contributed by atoms with Gasteiger partial charge in [-0.3, -0.25) is 4.98 Å². The van der Waals surface area contributed by atoms with E-state index in [0.29, 0.717) is 23.9 Å². The summed E-state index contributed by atoms with van der Waals surface area (Å²) in [6.45, 7) is 2.35. The molecule has 32 heavy (non-hydrogen) atoms. The Morgan fingerprint density at radius 2 is 2.00 bits per heavy atom. The number of aromatic nitrogens is 3. The molecular weight excluding hydrogens is 426 g/mol. The summed E-state index contributed by atoms with van der Waals surface area (Å²) in [5, 5.41) is 0. The van der Waals surface area contributed by atoms with Gasteiger partial charge in [-0.2, -0.15) is 0 Å². The zero-order chi connectivity index (χ0) is 22.1. The van der Waals surface area contributed by atoms with Crippen molar-refractivity contribution in [2.45, 2.75) is 30.8 Å². The molecular formula is C24H23N3O4S. The quantitative estimate of drug-likeness (QED) is 0.442. The summed E-state index contributed by atoms with van der Waals surface area (Å²) in [5.41, 5.74) is 3.34. The van der Waals surface area contributed by atoms with Gasteiger partial charge in [0.25, 0.3) is 0 Å². The molecule has 0 aliphatic carbocycles. The fraction of sp³-hybridized carbons (Fsp3) is 0.250. The van der Waals surface area contributed by atoms with Gasteiger partial charge in [0.15, 0.2) is 15.7 Å². The minimum Gasteiger partial charge on any atom is -0.457 e. The van der Waals surface area contributed by atoms with Crippen LogP contribution in [0.5, 0.6) is 11.5 Å². The van der Waals surface area contributed by atoms with E-state index in [2.05, 4.69) is 9.97 Å². The highest BCUT2D eigenvalue weighted by Crippen LogP contribution is 2.39. The van der Waals surface area contributed by atoms with E-state index in [9.17, 15) is 8.42 Å². The Labute approximate surface area is 186 Å². The standard InChI is InChI=1S/C24H23N3O4S/c1-2-32(28,29)17-10-8-16(9-11-17)31-23-15-21-20(14-18(23)22-7-5-13-30-22)26-24(27-21)19-6-3-4-12-25-19/h3-4,6,8-12,14-15,22H,2,5,7,13H2,1H3,(H,26,27). The summed E-state index contributed by atoms with van der Waals surface area (Å²) in [7, 11) is -3.26. The molecule has 2 aromatic carbocycles. The molecule has 0 radical (unpaired) electrons. The first kappa shape index (κ1) is 20.7. The smallest absolute Gasteiger partial charge is 0.178 e. The van der Waals surface area contributed by atoms with Gasteiger partial charge in [0.1, 0.15) is 17.2 Å². The second-order valence-electron chi connectivity index (χ2n) is 7.69. The number of rotatable bonds is 6. The van der Waals surface area contributed by atoms with Crippen LogP contribution in [0.15, 0.2) is 65.7 Å². The van der Waals surface area contributed by atoms with Gasteiger partial charge >= 0.3 is 0 Å². The summed E-state index contributed by atoms with van der Waals surface area (Å²) in [6.07, 6.45) is 3.58. The summed E-state index contributed by atoms with van der Waals surface area (Å²) in [6, 6.07) is 16.1. The van der Waals surface area contributed by atoms with E-state index in [0.717, 1.165) is 35.1 Å². The summed E-state index contributed by atoms with van der Waals surface area (Å²) in [5.74, 6) is 1.95. The second kappa shape index (κ2) is 8.37. The van der Waals surface area contributed by atoms with Crippen LogP contribution in [0.2, 0.25) is 0 Å². The molecule has 0 bridgehead atoms. The molecule has 4 aromatic rings. The van der Waals surface area contributed by atoms with E-state index in [1.165, 1.54) is 0 Å². The Kier molecular flexibility index (Phi) is 5.40. The van der Waals surface area contributed by atoms with E-state index in [-0.39, 0.29) is 16.8 Å². The largest absolute Gasteiger partial charge is 0.457 e. The number of aromatic amines is 1. The molecule has 1 aliphatic rings. The van der Waals surface area contributed by atoms with Crippen molar-refractivity contribution in [3.8, 4) is 23.0 Å². The Morgan fingerprint density at radius 3 is 2.69 bits per heavy atom. The lowest BCUT2D eigenvalue weighted by Gasteiger charge is -2.16. The molecule has 0 saturated carbocycles. The first-order chi connectivity index (χ1) is 15.5. The first-order valence-electron chi connectivity index (χ1n) is 10.6. The number of pyridine rings is 1. The van der Waals surface area contributed by atoms with Gasteiger partial charge in [0.2, 0.25) is 0 Å². The summed E-state index contributed by atoms with van der Waals surface area (Å²) >= 11 is 0. The molecule has 8 heteroatoms. The number of hydrogen-bond acceptors (Lipinski definition) is 6. The van der Waals surface area contributed by atoms with Crippen molar-refractivity contribution < 1.29 is 17.9 Å². The number of nitrogens with zero attached hydrogens (tertiary/aromatic N) is 2. The SMILES string of the molecule is CCS(=O)(=O)c1ccc(Oc2cc3nc(-c4ccccn4)[nH]c3cc2C2CCCO2)cc1. The van der Waals surface area contributed by atoms with Gasteiger partial charge in [-0.15, -0.1) is 0 Å². The Bertz CT molecular complexity index is 1340. The zero-order valence-corrected chi connectivity index (χ0v) is 18.4. The molecule has 1 saturated heterocycles. The number of benzene rings is 2. The molecule has 5 rings (SSSR count). The molecule has 1 fully saturated rings. The van der Waals surface area contributed by atoms with Crippen LogP contribution in [0, 0.1) is 0 Å². The van der Waals surface area contributed by atoms with Crippen molar-refractivity contribution in [1.82, 2.24) is 15.0 Å². The van der Waals surface area contributed by atoms with Gasteiger partial charge in [-0.25, -0.2) is 13.4 Å². The number of imidazole rings is 1. The summed E-state index contributed by atoms with van der Waals surface area (Å²) < 4.78 is 36.3. The number of sulfone groups is 1. The van der Waals surface area contributed by atoms with E-state index in [1.807, 2.05) is 30.3 Å². The average molecular weight is 450 g/mol. The van der Waals surface area contributed by atoms with Crippen LogP contribution in [-0.4, -0.2) is 35.7 Å². The van der Waals surface area contributed by atoms with E-state index in [4.69, 9.17) is 14.5 Å². The Balaban J connectivity index is 1.53. The first-order valence-corrected chi connectivity index (χ1v) is 12.3. The predicted octanol–water partition coefficient (Wildman–Crippen LogP) is 5.06. The maximum Gasteiger partial charge on any atom is 0.178 e. The van der Waals surface area contributed by atoms with Gasteiger partial charge in [-0.05, 0) is 55.3 Å². The highest BCUT2D eigenvalue weighted by molar-refractivity contribution is 7.91. The van der Waals surface area contributed by atoms with Gasteiger partial charge in [0, 0.05) is 24.4 Å². The molecule has 0 spiro atoms. The van der Waals surface area contributed by atoms with Crippen LogP contribution in [0.25, 0.3) is 22.6 Å². The number of hydrogen-bond donors (Lipinski definition) is 1. The molecule has 2 aromatic heterocycles. The molecule has 1 aliphatic heterocycles. The Hall–Kier alpha value is -3.23. The maximum absolute atomic E-state index is 12.1. The maximum atomic E-state index is 12.1. The molecule has 1 unspecified atom stereocenters. The predicted molar refractivity (Wildman–Crippen MR) is 121 cm³/mol. The van der Waals surface area contributed by atoms with Crippen LogP contribution in [0.1, 0.15) is 31.4 Å². The van der Waals surface area contributed by atoms with Crippen molar-refractivity contribution >= 4 is 20.9 Å². The Morgan fingerprint density at radius 1 is 1.16 bits per heavy atom. The molecule has 7 nitrogen and oxygen atoms in total. The van der Waals surface area contributed by atoms with Crippen molar-refractivity contribution in [2.24, 2.45) is 0 Å². The van der Waals surface area contributed by atoms with Crippen LogP contribution in [0.3, 0.4) is 0 Å². The lowest BCUT2D eigenvalue weighted by atomic mass is 10.0. The summed E-state index contributed by atoms with van der Waals surface area (Å²) in [4.78, 5) is 12.7. The normalized spacial score (nSPS) is 16.5. The topological polar surface area (TPSA) is 94.2 Å². The third kappa shape index (κ3) is 3.99. The van der Waals surface area contributed by atoms with Crippen LogP contribution in [-0.2, 0) is 14.6 Å². The lowest BCUT2D eigenvalue weighted by Crippen LogP contribution is -2.03. The van der Waals surface area contributed by atoms with Crippen molar-refractivity contribution in [3.05, 3.63) is 66.4 Å². The fourth-order valence-corrected chi connectivity index (χ4v) is 4.73. The monoisotopic (exact) mass is 449 g/mol. The van der Waals surface area contributed by atoms with E-state index in [1.54, 1.807) is 37.4 Å². The molecule has 0 amide bonds. The van der Waals surface area contributed by atoms with E-state index >= 15 is 0 Å². The van der Waals surface area contributed by atoms with Crippen molar-refractivity contribution in [3.63, 3.8) is 0 Å². The molecule has 1 N–H and O–H groups in total. The van der Waals surface area contributed by atoms with Crippen LogP contribution < -0.4 is 4.74 Å².